The molecule has 4 heterocycles. The molecular weight excluding hydrogens is 451 g/mol. The third kappa shape index (κ3) is 3.27. The first-order chi connectivity index (χ1) is 15.7. The summed E-state index contributed by atoms with van der Waals surface area (Å²) in [7, 11) is 0. The zero-order valence-electron chi connectivity index (χ0n) is 17.6. The molecule has 2 nitrogen and oxygen atoms in total. The molecule has 1 aliphatic heterocycles. The predicted molar refractivity (Wildman–Crippen MR) is 141 cm³/mol. The second-order valence-corrected chi connectivity index (χ2v) is 11.4. The van der Waals surface area contributed by atoms with E-state index in [0.29, 0.717) is 5.25 Å². The predicted octanol–water partition coefficient (Wildman–Crippen LogP) is 8.64. The fraction of sp³-hybridized carbons (Fsp3) is 0.148. The molecule has 0 spiro atoms. The molecule has 1 unspecified atom stereocenters. The minimum Gasteiger partial charge on any atom is -0.341 e. The highest BCUT2D eigenvalue weighted by Gasteiger charge is 2.23. The fourth-order valence-electron chi connectivity index (χ4n) is 4.58. The number of carbonyl (C=O) groups excluding carboxylic acids is 1. The van der Waals surface area contributed by atoms with Gasteiger partial charge in [-0.2, -0.15) is 0 Å². The van der Waals surface area contributed by atoms with E-state index in [-0.39, 0.29) is 0 Å². The van der Waals surface area contributed by atoms with Gasteiger partial charge in [0, 0.05) is 53.1 Å². The summed E-state index contributed by atoms with van der Waals surface area (Å²) < 4.78 is 2.40. The molecule has 0 saturated carbocycles. The molecule has 6 rings (SSSR count). The Kier molecular flexibility index (Phi) is 5.05. The number of fused-ring (bicyclic) bond motifs is 3. The molecule has 5 aromatic rings. The van der Waals surface area contributed by atoms with E-state index in [1.807, 2.05) is 29.2 Å². The maximum atomic E-state index is 11.0. The molecule has 0 amide bonds. The van der Waals surface area contributed by atoms with Gasteiger partial charge in [-0.05, 0) is 61.4 Å². The zero-order chi connectivity index (χ0) is 21.7. The monoisotopic (exact) mass is 471 g/mol. The van der Waals surface area contributed by atoms with Gasteiger partial charge in [-0.15, -0.1) is 34.4 Å². The van der Waals surface area contributed by atoms with E-state index in [9.17, 15) is 4.79 Å². The van der Waals surface area contributed by atoms with E-state index >= 15 is 0 Å². The van der Waals surface area contributed by atoms with Crippen LogP contribution in [0.5, 0.6) is 0 Å². The lowest BCUT2D eigenvalue weighted by Gasteiger charge is -2.09. The van der Waals surface area contributed by atoms with Crippen molar-refractivity contribution >= 4 is 67.4 Å². The van der Waals surface area contributed by atoms with Gasteiger partial charge in [-0.3, -0.25) is 4.79 Å². The third-order valence-corrected chi connectivity index (χ3v) is 10.0. The molecule has 158 valence electrons. The highest BCUT2D eigenvalue weighted by molar-refractivity contribution is 8.08. The standard InChI is InChI=1S/C27H21NOS3/c1-2-28-21-6-4-3-5-19(21)20-15-17(7-9-22(20)28)23-11-12-26(31-23)27-14-13-25(32-27)24-10-8-18(16-29)30-24/h3-11,13-16,26H,2,12H2,1H3. The number of thiophene rings is 2. The number of hydrogen-bond acceptors (Lipinski definition) is 4. The first-order valence-electron chi connectivity index (χ1n) is 10.8. The van der Waals surface area contributed by atoms with Gasteiger partial charge >= 0.3 is 0 Å². The molecule has 0 radical (unpaired) electrons. The number of aldehydes is 1. The van der Waals surface area contributed by atoms with Gasteiger partial charge in [0.15, 0.2) is 6.29 Å². The largest absolute Gasteiger partial charge is 0.341 e. The molecule has 2 aromatic carbocycles. The second-order valence-electron chi connectivity index (χ2n) is 7.93. The summed E-state index contributed by atoms with van der Waals surface area (Å²) in [6, 6.07) is 24.1. The zero-order valence-corrected chi connectivity index (χ0v) is 20.0. The fourth-order valence-corrected chi connectivity index (χ4v) is 7.93. The van der Waals surface area contributed by atoms with E-state index in [4.69, 9.17) is 0 Å². The van der Waals surface area contributed by atoms with Crippen LogP contribution in [0.2, 0.25) is 0 Å². The highest BCUT2D eigenvalue weighted by Crippen LogP contribution is 2.51. The lowest BCUT2D eigenvalue weighted by Crippen LogP contribution is -1.92. The number of aryl methyl sites for hydroxylation is 1. The highest BCUT2D eigenvalue weighted by atomic mass is 32.2. The summed E-state index contributed by atoms with van der Waals surface area (Å²) in [4.78, 5) is 17.0. The van der Waals surface area contributed by atoms with Gasteiger partial charge in [0.25, 0.3) is 0 Å². The Morgan fingerprint density at radius 2 is 1.75 bits per heavy atom. The molecule has 3 aromatic heterocycles. The van der Waals surface area contributed by atoms with Crippen LogP contribution in [0.3, 0.4) is 0 Å². The molecule has 5 heteroatoms. The van der Waals surface area contributed by atoms with Crippen LogP contribution in [-0.2, 0) is 6.54 Å². The molecule has 1 atom stereocenters. The average Bonchev–Trinajstić information content (AvgIpc) is 3.62. The summed E-state index contributed by atoms with van der Waals surface area (Å²) in [6.45, 7) is 3.19. The second kappa shape index (κ2) is 8.07. The van der Waals surface area contributed by atoms with Crippen molar-refractivity contribution in [3.63, 3.8) is 0 Å². The smallest absolute Gasteiger partial charge is 0.160 e. The Morgan fingerprint density at radius 3 is 2.59 bits per heavy atom. The van der Waals surface area contributed by atoms with Crippen molar-refractivity contribution in [1.29, 1.82) is 0 Å². The number of nitrogens with zero attached hydrogens (tertiary/aromatic N) is 1. The summed E-state index contributed by atoms with van der Waals surface area (Å²) in [5, 5.41) is 3.13. The Bertz CT molecular complexity index is 1500. The number of thioether (sulfide) groups is 1. The summed E-state index contributed by atoms with van der Waals surface area (Å²) in [6.07, 6.45) is 4.38. The lowest BCUT2D eigenvalue weighted by atomic mass is 10.1. The third-order valence-electron chi connectivity index (χ3n) is 6.09. The average molecular weight is 472 g/mol. The normalized spacial score (nSPS) is 16.2. The van der Waals surface area contributed by atoms with Crippen LogP contribution < -0.4 is 0 Å². The van der Waals surface area contributed by atoms with Crippen molar-refractivity contribution in [1.82, 2.24) is 4.57 Å². The first-order valence-corrected chi connectivity index (χ1v) is 13.3. The quantitative estimate of drug-likeness (QED) is 0.239. The molecule has 0 saturated heterocycles. The number of aromatic nitrogens is 1. The van der Waals surface area contributed by atoms with Crippen LogP contribution in [-0.4, -0.2) is 10.9 Å². The van der Waals surface area contributed by atoms with Gasteiger partial charge in [0.2, 0.25) is 0 Å². The van der Waals surface area contributed by atoms with Crippen molar-refractivity contribution in [2.45, 2.75) is 25.1 Å². The number of benzene rings is 2. The number of hydrogen-bond donors (Lipinski definition) is 0. The lowest BCUT2D eigenvalue weighted by molar-refractivity contribution is 0.112. The van der Waals surface area contributed by atoms with E-state index in [1.165, 1.54) is 46.9 Å². The van der Waals surface area contributed by atoms with Gasteiger partial charge < -0.3 is 4.57 Å². The Hall–Kier alpha value is -2.60. The van der Waals surface area contributed by atoms with Crippen LogP contribution in [0.25, 0.3) is 36.5 Å². The summed E-state index contributed by atoms with van der Waals surface area (Å²) >= 11 is 5.39. The van der Waals surface area contributed by atoms with Crippen molar-refractivity contribution in [2.24, 2.45) is 0 Å². The van der Waals surface area contributed by atoms with Crippen molar-refractivity contribution < 1.29 is 4.79 Å². The van der Waals surface area contributed by atoms with Crippen LogP contribution in [0.15, 0.2) is 72.8 Å². The molecule has 0 fully saturated rings. The van der Waals surface area contributed by atoms with E-state index in [0.717, 1.165) is 24.1 Å². The van der Waals surface area contributed by atoms with Gasteiger partial charge in [0.1, 0.15) is 0 Å². The number of allylic oxidation sites excluding steroid dienone is 1. The van der Waals surface area contributed by atoms with Gasteiger partial charge in [-0.25, -0.2) is 0 Å². The molecule has 0 bridgehead atoms. The Balaban J connectivity index is 1.29. The summed E-state index contributed by atoms with van der Waals surface area (Å²) in [5.74, 6) is 0. The van der Waals surface area contributed by atoms with E-state index in [1.54, 1.807) is 11.3 Å². The van der Waals surface area contributed by atoms with Crippen molar-refractivity contribution in [3.8, 4) is 9.75 Å². The van der Waals surface area contributed by atoms with E-state index in [2.05, 4.69) is 78.2 Å². The van der Waals surface area contributed by atoms with Crippen LogP contribution >= 0.6 is 34.4 Å². The van der Waals surface area contributed by atoms with Gasteiger partial charge in [0.05, 0.1) is 4.88 Å². The van der Waals surface area contributed by atoms with Gasteiger partial charge in [-0.1, -0.05) is 30.3 Å². The Morgan fingerprint density at radius 1 is 0.938 bits per heavy atom. The number of rotatable bonds is 5. The van der Waals surface area contributed by atoms with Crippen LogP contribution in [0.1, 0.15) is 38.7 Å². The molecular formula is C27H21NOS3. The minimum atomic E-state index is 0.460. The minimum absolute atomic E-state index is 0.460. The topological polar surface area (TPSA) is 22.0 Å². The summed E-state index contributed by atoms with van der Waals surface area (Å²) in [5.41, 5.74) is 3.94. The van der Waals surface area contributed by atoms with Crippen LogP contribution in [0.4, 0.5) is 0 Å². The first kappa shape index (κ1) is 20.0. The van der Waals surface area contributed by atoms with Crippen molar-refractivity contribution in [3.05, 3.63) is 88.1 Å². The maximum absolute atomic E-state index is 11.0. The number of carbonyl (C=O) groups is 1. The SMILES string of the molecule is CCn1c2ccccc2c2cc(C3=CCC(c4ccc(-c5ccc(C=O)s5)s4)S3)ccc21. The Labute approximate surface area is 199 Å². The molecule has 0 N–H and O–H groups in total. The number of para-hydroxylation sites is 1. The maximum Gasteiger partial charge on any atom is 0.160 e. The molecule has 32 heavy (non-hydrogen) atoms. The molecule has 0 aliphatic carbocycles. The van der Waals surface area contributed by atoms with Crippen LogP contribution in [0, 0.1) is 0 Å². The van der Waals surface area contributed by atoms with E-state index < -0.39 is 0 Å². The molecule has 1 aliphatic rings. The van der Waals surface area contributed by atoms with Crippen molar-refractivity contribution in [2.75, 3.05) is 0 Å².